The van der Waals surface area contributed by atoms with Gasteiger partial charge in [0.25, 0.3) is 5.91 Å². The molecule has 0 aliphatic carbocycles. The number of benzene rings is 3. The number of rotatable bonds is 8. The third-order valence-electron chi connectivity index (χ3n) is 6.05. The molecule has 1 aliphatic rings. The summed E-state index contributed by atoms with van der Waals surface area (Å²) in [7, 11) is 0. The number of hydrogen-bond donors (Lipinski definition) is 2. The first-order valence-electron chi connectivity index (χ1n) is 11.3. The highest BCUT2D eigenvalue weighted by atomic mass is 35.5. The quantitative estimate of drug-likeness (QED) is 0.500. The first-order chi connectivity index (χ1) is 16.4. The minimum absolute atomic E-state index is 0.159. The Labute approximate surface area is 203 Å². The van der Waals surface area contributed by atoms with Gasteiger partial charge in [-0.15, -0.1) is 0 Å². The first-order valence-corrected chi connectivity index (χ1v) is 11.7. The number of carbonyl (C=O) groups is 2. The molecule has 5 nitrogen and oxygen atoms in total. The molecule has 1 aliphatic heterocycles. The molecular weight excluding hydrogens is 453 g/mol. The van der Waals surface area contributed by atoms with Crippen molar-refractivity contribution < 1.29 is 14.0 Å². The van der Waals surface area contributed by atoms with Crippen LogP contribution >= 0.6 is 11.6 Å². The monoisotopic (exact) mass is 479 g/mol. The number of nitrogens with one attached hydrogen (secondary N) is 2. The largest absolute Gasteiger partial charge is 0.369 e. The van der Waals surface area contributed by atoms with Crippen LogP contribution in [0.4, 0.5) is 10.1 Å². The Balaban J connectivity index is 1.39. The van der Waals surface area contributed by atoms with Gasteiger partial charge in [0.05, 0.1) is 5.92 Å². The number of aryl methyl sites for hydroxylation is 1. The first kappa shape index (κ1) is 23.8. The number of amides is 2. The van der Waals surface area contributed by atoms with Crippen LogP contribution in [0.25, 0.3) is 0 Å². The summed E-state index contributed by atoms with van der Waals surface area (Å²) >= 11 is 6.03. The number of fused-ring (bicyclic) bond motifs is 1. The van der Waals surface area contributed by atoms with Gasteiger partial charge in [-0.2, -0.15) is 0 Å². The van der Waals surface area contributed by atoms with Gasteiger partial charge in [0.1, 0.15) is 5.82 Å². The zero-order valence-corrected chi connectivity index (χ0v) is 19.7. The maximum atomic E-state index is 13.5. The molecule has 0 aromatic heterocycles. The van der Waals surface area contributed by atoms with Crippen molar-refractivity contribution in [2.45, 2.75) is 19.3 Å². The molecule has 0 unspecified atom stereocenters. The van der Waals surface area contributed by atoms with E-state index in [1.54, 1.807) is 42.5 Å². The summed E-state index contributed by atoms with van der Waals surface area (Å²) in [5.74, 6) is -1.19. The molecule has 3 aromatic carbocycles. The van der Waals surface area contributed by atoms with Crippen LogP contribution in [-0.2, 0) is 11.2 Å². The second-order valence-electron chi connectivity index (χ2n) is 8.48. The predicted octanol–water partition coefficient (Wildman–Crippen LogP) is 4.48. The molecule has 4 rings (SSSR count). The number of nitrogens with zero attached hydrogens (tertiary/aromatic N) is 1. The van der Waals surface area contributed by atoms with E-state index in [0.29, 0.717) is 23.7 Å². The van der Waals surface area contributed by atoms with Crippen LogP contribution in [0.3, 0.4) is 0 Å². The average molecular weight is 480 g/mol. The standard InChI is InChI=1S/C27H27ClFN3O2/c1-18-3-2-4-21(15-18)26(33)31-17-24(19-5-7-22(28)8-6-19)27(34)30-12-14-32-13-11-20-16-23(29)9-10-25(20)32/h2-10,15-16,24H,11-14,17H2,1H3,(H,30,34)(H,31,33)/t24-/m0/s1. The molecule has 0 radical (unpaired) electrons. The van der Waals surface area contributed by atoms with Crippen molar-refractivity contribution >= 4 is 29.1 Å². The Bertz CT molecular complexity index is 1180. The van der Waals surface area contributed by atoms with Crippen molar-refractivity contribution in [3.63, 3.8) is 0 Å². The average Bonchev–Trinajstić information content (AvgIpc) is 3.22. The summed E-state index contributed by atoms with van der Waals surface area (Å²) in [6.07, 6.45) is 0.791. The molecule has 7 heteroatoms. The molecule has 3 aromatic rings. The van der Waals surface area contributed by atoms with E-state index in [9.17, 15) is 14.0 Å². The van der Waals surface area contributed by atoms with Gasteiger partial charge in [-0.05, 0) is 66.9 Å². The van der Waals surface area contributed by atoms with Crippen LogP contribution in [-0.4, -0.2) is 38.0 Å². The van der Waals surface area contributed by atoms with Gasteiger partial charge in [0, 0.05) is 42.5 Å². The highest BCUT2D eigenvalue weighted by Crippen LogP contribution is 2.28. The zero-order chi connectivity index (χ0) is 24.1. The van der Waals surface area contributed by atoms with E-state index < -0.39 is 5.92 Å². The SMILES string of the molecule is Cc1cccc(C(=O)NC[C@H](C(=O)NCCN2CCc3cc(F)ccc32)c2ccc(Cl)cc2)c1. The maximum absolute atomic E-state index is 13.5. The number of hydrogen-bond acceptors (Lipinski definition) is 3. The van der Waals surface area contributed by atoms with Crippen molar-refractivity contribution in [3.05, 3.63) is 99.8 Å². The van der Waals surface area contributed by atoms with Gasteiger partial charge in [-0.3, -0.25) is 9.59 Å². The van der Waals surface area contributed by atoms with Crippen LogP contribution in [0.1, 0.15) is 33.0 Å². The molecule has 0 fully saturated rings. The van der Waals surface area contributed by atoms with Crippen LogP contribution in [0.2, 0.25) is 5.02 Å². The van der Waals surface area contributed by atoms with E-state index >= 15 is 0 Å². The van der Waals surface area contributed by atoms with E-state index in [1.807, 2.05) is 25.1 Å². The van der Waals surface area contributed by atoms with Gasteiger partial charge in [0.15, 0.2) is 0 Å². The lowest BCUT2D eigenvalue weighted by Gasteiger charge is -2.22. The summed E-state index contributed by atoms with van der Waals surface area (Å²) < 4.78 is 13.5. The van der Waals surface area contributed by atoms with Crippen LogP contribution in [0.15, 0.2) is 66.7 Å². The zero-order valence-electron chi connectivity index (χ0n) is 19.0. The summed E-state index contributed by atoms with van der Waals surface area (Å²) in [4.78, 5) is 27.9. The number of anilines is 1. The lowest BCUT2D eigenvalue weighted by atomic mass is 9.97. The van der Waals surface area contributed by atoms with Crippen molar-refractivity contribution in [1.29, 1.82) is 0 Å². The van der Waals surface area contributed by atoms with Crippen molar-refractivity contribution in [2.75, 3.05) is 31.1 Å². The molecule has 0 saturated carbocycles. The van der Waals surface area contributed by atoms with Crippen molar-refractivity contribution in [3.8, 4) is 0 Å². The van der Waals surface area contributed by atoms with Crippen LogP contribution in [0, 0.1) is 12.7 Å². The van der Waals surface area contributed by atoms with Gasteiger partial charge in [-0.1, -0.05) is 41.4 Å². The molecule has 0 bridgehead atoms. The lowest BCUT2D eigenvalue weighted by molar-refractivity contribution is -0.122. The summed E-state index contributed by atoms with van der Waals surface area (Å²) in [5, 5.41) is 6.47. The third-order valence-corrected chi connectivity index (χ3v) is 6.30. The van der Waals surface area contributed by atoms with E-state index in [2.05, 4.69) is 15.5 Å². The molecule has 176 valence electrons. The lowest BCUT2D eigenvalue weighted by Crippen LogP contribution is -2.40. The molecule has 1 atom stereocenters. The molecular formula is C27H27ClFN3O2. The van der Waals surface area contributed by atoms with Gasteiger partial charge < -0.3 is 15.5 Å². The highest BCUT2D eigenvalue weighted by Gasteiger charge is 2.23. The fraction of sp³-hybridized carbons (Fsp3) is 0.259. The molecule has 2 amide bonds. The Morgan fingerprint density at radius 1 is 1.06 bits per heavy atom. The fourth-order valence-electron chi connectivity index (χ4n) is 4.25. The molecule has 34 heavy (non-hydrogen) atoms. The minimum atomic E-state index is -0.564. The number of carbonyl (C=O) groups excluding carboxylic acids is 2. The third kappa shape index (κ3) is 5.75. The van der Waals surface area contributed by atoms with Gasteiger partial charge in [0.2, 0.25) is 5.91 Å². The van der Waals surface area contributed by atoms with Crippen LogP contribution in [0.5, 0.6) is 0 Å². The Morgan fingerprint density at radius 2 is 1.85 bits per heavy atom. The maximum Gasteiger partial charge on any atom is 0.251 e. The van der Waals surface area contributed by atoms with Gasteiger partial charge >= 0.3 is 0 Å². The Kier molecular flexibility index (Phi) is 7.48. The van der Waals surface area contributed by atoms with E-state index in [1.165, 1.54) is 6.07 Å². The summed E-state index contributed by atoms with van der Waals surface area (Å²) in [6, 6.07) is 19.2. The number of halogens is 2. The molecule has 2 N–H and O–H groups in total. The second kappa shape index (κ2) is 10.7. The Morgan fingerprint density at radius 3 is 2.62 bits per heavy atom. The molecule has 1 heterocycles. The topological polar surface area (TPSA) is 61.4 Å². The van der Waals surface area contributed by atoms with E-state index in [-0.39, 0.29) is 24.2 Å². The summed E-state index contributed by atoms with van der Waals surface area (Å²) in [5.41, 5.74) is 4.32. The Hall–Kier alpha value is -3.38. The fourth-order valence-corrected chi connectivity index (χ4v) is 4.37. The van der Waals surface area contributed by atoms with E-state index in [4.69, 9.17) is 11.6 Å². The van der Waals surface area contributed by atoms with Gasteiger partial charge in [-0.25, -0.2) is 4.39 Å². The normalized spacial score (nSPS) is 13.3. The molecule has 0 spiro atoms. The van der Waals surface area contributed by atoms with Crippen molar-refractivity contribution in [2.24, 2.45) is 0 Å². The minimum Gasteiger partial charge on any atom is -0.369 e. The van der Waals surface area contributed by atoms with E-state index in [0.717, 1.165) is 35.3 Å². The van der Waals surface area contributed by atoms with Crippen molar-refractivity contribution in [1.82, 2.24) is 10.6 Å². The highest BCUT2D eigenvalue weighted by molar-refractivity contribution is 6.30. The molecule has 0 saturated heterocycles. The predicted molar refractivity (Wildman–Crippen MR) is 133 cm³/mol. The van der Waals surface area contributed by atoms with Crippen LogP contribution < -0.4 is 15.5 Å². The second-order valence-corrected chi connectivity index (χ2v) is 8.92. The summed E-state index contributed by atoms with van der Waals surface area (Å²) in [6.45, 7) is 3.93. The smallest absolute Gasteiger partial charge is 0.251 e.